The molecule has 2 fully saturated rings. The van der Waals surface area contributed by atoms with Gasteiger partial charge in [-0.3, -0.25) is 0 Å². The second-order valence-corrected chi connectivity index (χ2v) is 8.76. The number of benzene rings is 2. The highest BCUT2D eigenvalue weighted by Crippen LogP contribution is 2.47. The third-order valence-corrected chi connectivity index (χ3v) is 6.96. The van der Waals surface area contributed by atoms with Crippen LogP contribution in [0.25, 0.3) is 0 Å². The summed E-state index contributed by atoms with van der Waals surface area (Å²) in [6.07, 6.45) is 9.81. The van der Waals surface area contributed by atoms with Crippen LogP contribution < -0.4 is 4.74 Å². The Morgan fingerprint density at radius 2 is 1.76 bits per heavy atom. The summed E-state index contributed by atoms with van der Waals surface area (Å²) in [5, 5.41) is 0. The van der Waals surface area contributed by atoms with Crippen molar-refractivity contribution in [2.45, 2.75) is 51.4 Å². The fourth-order valence-corrected chi connectivity index (χ4v) is 5.14. The van der Waals surface area contributed by atoms with E-state index in [0.29, 0.717) is 23.0 Å². The van der Waals surface area contributed by atoms with Crippen LogP contribution in [-0.2, 0) is 0 Å². The average molecular weight is 393 g/mol. The highest BCUT2D eigenvalue weighted by Gasteiger charge is 2.35. The van der Waals surface area contributed by atoms with Gasteiger partial charge in [-0.05, 0) is 98.4 Å². The minimum atomic E-state index is -0.453. The van der Waals surface area contributed by atoms with Crippen LogP contribution in [0, 0.1) is 30.5 Å². The molecule has 152 valence electrons. The Bertz CT molecular complexity index is 886. The average Bonchev–Trinajstić information content (AvgIpc) is 2.75. The molecule has 0 saturated heterocycles. The van der Waals surface area contributed by atoms with Gasteiger partial charge in [0.05, 0.1) is 5.56 Å². The molecule has 2 aromatic carbocycles. The van der Waals surface area contributed by atoms with Crippen molar-refractivity contribution in [3.05, 3.63) is 77.6 Å². The minimum absolute atomic E-state index is 0.232. The number of hydrogen-bond donors (Lipinski definition) is 0. The number of carbonyl (C=O) groups is 1. The summed E-state index contributed by atoms with van der Waals surface area (Å²) in [5.74, 6) is 2.37. The van der Waals surface area contributed by atoms with Crippen LogP contribution in [0.15, 0.2) is 55.1 Å². The maximum Gasteiger partial charge on any atom is 0.343 e. The lowest BCUT2D eigenvalue weighted by Crippen LogP contribution is -2.29. The highest BCUT2D eigenvalue weighted by molar-refractivity contribution is 5.91. The van der Waals surface area contributed by atoms with Crippen LogP contribution in [0.5, 0.6) is 5.75 Å². The zero-order chi connectivity index (χ0) is 20.4. The van der Waals surface area contributed by atoms with Gasteiger partial charge < -0.3 is 4.74 Å². The first-order valence-corrected chi connectivity index (χ1v) is 10.7. The molecular weight excluding hydrogens is 363 g/mol. The van der Waals surface area contributed by atoms with Gasteiger partial charge in [0.2, 0.25) is 0 Å². The second kappa shape index (κ2) is 8.52. The summed E-state index contributed by atoms with van der Waals surface area (Å²) in [6.45, 7) is 5.66. The van der Waals surface area contributed by atoms with Crippen LogP contribution in [-0.4, -0.2) is 5.97 Å². The van der Waals surface area contributed by atoms with Gasteiger partial charge >= 0.3 is 5.97 Å². The third kappa shape index (κ3) is 4.44. The number of rotatable bonds is 4. The molecule has 2 aliphatic carbocycles. The summed E-state index contributed by atoms with van der Waals surface area (Å²) in [4.78, 5) is 12.4. The van der Waals surface area contributed by atoms with Gasteiger partial charge in [-0.1, -0.05) is 24.3 Å². The number of fused-ring (bicyclic) bond motifs is 1. The Morgan fingerprint density at radius 3 is 2.48 bits per heavy atom. The van der Waals surface area contributed by atoms with E-state index in [0.717, 1.165) is 11.8 Å². The lowest BCUT2D eigenvalue weighted by molar-refractivity contribution is 0.0734. The molecule has 2 saturated carbocycles. The molecule has 2 aromatic rings. The van der Waals surface area contributed by atoms with Gasteiger partial charge in [0.25, 0.3) is 0 Å². The predicted molar refractivity (Wildman–Crippen MR) is 114 cm³/mol. The molecule has 0 heterocycles. The van der Waals surface area contributed by atoms with Crippen molar-refractivity contribution in [2.24, 2.45) is 17.8 Å². The van der Waals surface area contributed by atoms with E-state index < -0.39 is 5.97 Å². The van der Waals surface area contributed by atoms with Gasteiger partial charge in [-0.2, -0.15) is 0 Å². The number of aryl methyl sites for hydroxylation is 1. The van der Waals surface area contributed by atoms with Crippen LogP contribution in [0.3, 0.4) is 0 Å². The van der Waals surface area contributed by atoms with Crippen molar-refractivity contribution in [1.82, 2.24) is 0 Å². The Hall–Kier alpha value is -2.42. The first-order valence-electron chi connectivity index (χ1n) is 10.7. The lowest BCUT2D eigenvalue weighted by Gasteiger charge is -2.41. The molecule has 2 aliphatic rings. The van der Waals surface area contributed by atoms with E-state index in [9.17, 15) is 9.18 Å². The molecular formula is C26H29FO2. The quantitative estimate of drug-likeness (QED) is 0.323. The standard InChI is InChI=1S/C26H29FO2/c1-3-18-5-6-23-15-22(12-11-21(23)14-18)19-7-9-20(10-8-19)26(28)29-24-13-4-17(2)25(27)16-24/h3-4,7-10,13,16,18,21-23H,1,5-6,11-12,14-15H2,2H3. The first kappa shape index (κ1) is 19.9. The summed E-state index contributed by atoms with van der Waals surface area (Å²) in [6, 6.07) is 12.3. The van der Waals surface area contributed by atoms with Crippen LogP contribution in [0.1, 0.15) is 65.9 Å². The second-order valence-electron chi connectivity index (χ2n) is 8.76. The van der Waals surface area contributed by atoms with Gasteiger partial charge in [0.1, 0.15) is 11.6 Å². The normalized spacial score (nSPS) is 26.4. The SMILES string of the molecule is C=CC1CCC2CC(c3ccc(C(=O)Oc4ccc(C)c(F)c4)cc3)CCC2C1. The monoisotopic (exact) mass is 392 g/mol. The predicted octanol–water partition coefficient (Wildman–Crippen LogP) is 6.84. The lowest BCUT2D eigenvalue weighted by atomic mass is 9.64. The van der Waals surface area contributed by atoms with Gasteiger partial charge in [-0.15, -0.1) is 6.58 Å². The number of ether oxygens (including phenoxy) is 1. The topological polar surface area (TPSA) is 26.3 Å². The molecule has 29 heavy (non-hydrogen) atoms. The van der Waals surface area contributed by atoms with E-state index in [-0.39, 0.29) is 11.6 Å². The van der Waals surface area contributed by atoms with Crippen molar-refractivity contribution in [1.29, 1.82) is 0 Å². The van der Waals surface area contributed by atoms with E-state index in [1.54, 1.807) is 19.1 Å². The Balaban J connectivity index is 1.38. The molecule has 3 heteroatoms. The van der Waals surface area contributed by atoms with Gasteiger partial charge in [-0.25, -0.2) is 9.18 Å². The minimum Gasteiger partial charge on any atom is -0.423 e. The Morgan fingerprint density at radius 1 is 1.03 bits per heavy atom. The van der Waals surface area contributed by atoms with E-state index in [1.165, 1.54) is 50.2 Å². The fraction of sp³-hybridized carbons (Fsp3) is 0.423. The van der Waals surface area contributed by atoms with Crippen molar-refractivity contribution in [3.63, 3.8) is 0 Å². The molecule has 0 radical (unpaired) electrons. The zero-order valence-electron chi connectivity index (χ0n) is 17.1. The summed E-state index contributed by atoms with van der Waals surface area (Å²) in [5.41, 5.74) is 2.34. The fourth-order valence-electron chi connectivity index (χ4n) is 5.14. The molecule has 4 rings (SSSR count). The van der Waals surface area contributed by atoms with Gasteiger partial charge in [0, 0.05) is 6.07 Å². The van der Waals surface area contributed by atoms with Crippen molar-refractivity contribution < 1.29 is 13.9 Å². The molecule has 0 aliphatic heterocycles. The summed E-state index contributed by atoms with van der Waals surface area (Å²) < 4.78 is 19.0. The van der Waals surface area contributed by atoms with E-state index in [4.69, 9.17) is 4.74 Å². The van der Waals surface area contributed by atoms with Crippen LogP contribution in [0.4, 0.5) is 4.39 Å². The molecule has 2 nitrogen and oxygen atoms in total. The molecule has 0 aromatic heterocycles. The maximum atomic E-state index is 13.7. The maximum absolute atomic E-state index is 13.7. The van der Waals surface area contributed by atoms with E-state index >= 15 is 0 Å². The molecule has 4 unspecified atom stereocenters. The van der Waals surface area contributed by atoms with Crippen molar-refractivity contribution in [2.75, 3.05) is 0 Å². The summed E-state index contributed by atoms with van der Waals surface area (Å²) >= 11 is 0. The molecule has 0 bridgehead atoms. The largest absolute Gasteiger partial charge is 0.423 e. The molecule has 0 N–H and O–H groups in total. The van der Waals surface area contributed by atoms with E-state index in [1.807, 2.05) is 12.1 Å². The summed E-state index contributed by atoms with van der Waals surface area (Å²) in [7, 11) is 0. The zero-order valence-corrected chi connectivity index (χ0v) is 17.1. The van der Waals surface area contributed by atoms with Crippen molar-refractivity contribution in [3.8, 4) is 5.75 Å². The highest BCUT2D eigenvalue weighted by atomic mass is 19.1. The smallest absolute Gasteiger partial charge is 0.343 e. The molecule has 4 atom stereocenters. The Labute approximate surface area is 172 Å². The number of carbonyl (C=O) groups excluding carboxylic acids is 1. The third-order valence-electron chi connectivity index (χ3n) is 6.96. The molecule has 0 amide bonds. The number of hydrogen-bond acceptors (Lipinski definition) is 2. The Kier molecular flexibility index (Phi) is 5.84. The van der Waals surface area contributed by atoms with Gasteiger partial charge in [0.15, 0.2) is 0 Å². The van der Waals surface area contributed by atoms with Crippen molar-refractivity contribution >= 4 is 5.97 Å². The molecule has 0 spiro atoms. The first-order chi connectivity index (χ1) is 14.0. The number of halogens is 1. The van der Waals surface area contributed by atoms with Crippen LogP contribution >= 0.6 is 0 Å². The van der Waals surface area contributed by atoms with E-state index in [2.05, 4.69) is 24.8 Å². The number of allylic oxidation sites excluding steroid dienone is 1. The van der Waals surface area contributed by atoms with Crippen LogP contribution in [0.2, 0.25) is 0 Å². The number of esters is 1.